The highest BCUT2D eigenvalue weighted by molar-refractivity contribution is 5.07. The molecule has 0 aliphatic heterocycles. The molecule has 0 unspecified atom stereocenters. The molecule has 0 amide bonds. The van der Waals surface area contributed by atoms with E-state index in [1.54, 1.807) is 37.2 Å². The SMILES string of the molecule is c1cnc(Cc2cnccn2)cn1. The van der Waals surface area contributed by atoms with Crippen LogP contribution in [0.2, 0.25) is 0 Å². The molecule has 0 spiro atoms. The zero-order valence-electron chi connectivity index (χ0n) is 6.96. The lowest BCUT2D eigenvalue weighted by Crippen LogP contribution is -1.95. The van der Waals surface area contributed by atoms with Crippen molar-refractivity contribution >= 4 is 0 Å². The van der Waals surface area contributed by atoms with Gasteiger partial charge in [-0.05, 0) is 0 Å². The average Bonchev–Trinajstić information content (AvgIpc) is 2.21. The standard InChI is InChI=1S/C9H8N4/c1-3-12-8(6-10-1)5-9-7-11-2-4-13-9/h1-4,6-7H,5H2. The summed E-state index contributed by atoms with van der Waals surface area (Å²) < 4.78 is 0. The molecule has 0 bridgehead atoms. The van der Waals surface area contributed by atoms with Gasteiger partial charge in [0.1, 0.15) is 0 Å². The Morgan fingerprint density at radius 1 is 0.769 bits per heavy atom. The van der Waals surface area contributed by atoms with Crippen molar-refractivity contribution in [1.82, 2.24) is 19.9 Å². The van der Waals surface area contributed by atoms with E-state index in [0.717, 1.165) is 11.4 Å². The van der Waals surface area contributed by atoms with Crippen molar-refractivity contribution in [3.8, 4) is 0 Å². The van der Waals surface area contributed by atoms with Gasteiger partial charge in [-0.1, -0.05) is 0 Å². The minimum atomic E-state index is 0.682. The van der Waals surface area contributed by atoms with Gasteiger partial charge in [0.2, 0.25) is 0 Å². The zero-order chi connectivity index (χ0) is 8.93. The number of nitrogens with zero attached hydrogens (tertiary/aromatic N) is 4. The van der Waals surface area contributed by atoms with Crippen molar-refractivity contribution in [2.45, 2.75) is 6.42 Å². The van der Waals surface area contributed by atoms with Gasteiger partial charge in [-0.2, -0.15) is 0 Å². The van der Waals surface area contributed by atoms with Crippen LogP contribution in [-0.4, -0.2) is 19.9 Å². The largest absolute Gasteiger partial charge is 0.261 e. The molecule has 2 heterocycles. The summed E-state index contributed by atoms with van der Waals surface area (Å²) in [5, 5.41) is 0. The Balaban J connectivity index is 2.16. The molecule has 4 heteroatoms. The van der Waals surface area contributed by atoms with Crippen LogP contribution in [0.3, 0.4) is 0 Å². The topological polar surface area (TPSA) is 51.6 Å². The van der Waals surface area contributed by atoms with Crippen LogP contribution in [0.4, 0.5) is 0 Å². The van der Waals surface area contributed by atoms with E-state index in [1.807, 2.05) is 0 Å². The van der Waals surface area contributed by atoms with Gasteiger partial charge >= 0.3 is 0 Å². The number of hydrogen-bond acceptors (Lipinski definition) is 4. The third-order valence-electron chi connectivity index (χ3n) is 1.60. The van der Waals surface area contributed by atoms with Gasteiger partial charge in [0.15, 0.2) is 0 Å². The van der Waals surface area contributed by atoms with Crippen LogP contribution in [-0.2, 0) is 6.42 Å². The Bertz CT molecular complexity index is 322. The van der Waals surface area contributed by atoms with E-state index in [-0.39, 0.29) is 0 Å². The van der Waals surface area contributed by atoms with E-state index in [9.17, 15) is 0 Å². The van der Waals surface area contributed by atoms with Crippen LogP contribution >= 0.6 is 0 Å². The van der Waals surface area contributed by atoms with Gasteiger partial charge in [-0.3, -0.25) is 19.9 Å². The Morgan fingerprint density at radius 3 is 1.69 bits per heavy atom. The molecule has 64 valence electrons. The van der Waals surface area contributed by atoms with Crippen molar-refractivity contribution in [1.29, 1.82) is 0 Å². The molecule has 0 aliphatic rings. The van der Waals surface area contributed by atoms with Crippen molar-refractivity contribution in [3.05, 3.63) is 48.6 Å². The van der Waals surface area contributed by atoms with E-state index in [0.29, 0.717) is 6.42 Å². The summed E-state index contributed by atoms with van der Waals surface area (Å²) in [7, 11) is 0. The zero-order valence-corrected chi connectivity index (χ0v) is 6.96. The normalized spacial score (nSPS) is 9.85. The van der Waals surface area contributed by atoms with Crippen molar-refractivity contribution in [3.63, 3.8) is 0 Å². The molecule has 2 aromatic heterocycles. The van der Waals surface area contributed by atoms with Crippen molar-refractivity contribution in [2.24, 2.45) is 0 Å². The van der Waals surface area contributed by atoms with E-state index >= 15 is 0 Å². The molecular formula is C9H8N4. The first-order valence-electron chi connectivity index (χ1n) is 3.95. The van der Waals surface area contributed by atoms with E-state index in [4.69, 9.17) is 0 Å². The average molecular weight is 172 g/mol. The van der Waals surface area contributed by atoms with Crippen LogP contribution in [0, 0.1) is 0 Å². The van der Waals surface area contributed by atoms with Crippen LogP contribution < -0.4 is 0 Å². The Morgan fingerprint density at radius 2 is 1.31 bits per heavy atom. The maximum atomic E-state index is 4.14. The summed E-state index contributed by atoms with van der Waals surface area (Å²) in [6.45, 7) is 0. The molecule has 0 N–H and O–H groups in total. The molecule has 0 fully saturated rings. The minimum absolute atomic E-state index is 0.682. The van der Waals surface area contributed by atoms with Crippen molar-refractivity contribution < 1.29 is 0 Å². The lowest BCUT2D eigenvalue weighted by Gasteiger charge is -1.97. The molecule has 4 nitrogen and oxygen atoms in total. The van der Waals surface area contributed by atoms with Crippen LogP contribution in [0.1, 0.15) is 11.4 Å². The summed E-state index contributed by atoms with van der Waals surface area (Å²) in [6, 6.07) is 0. The highest BCUT2D eigenvalue weighted by Gasteiger charge is 1.96. The fourth-order valence-corrected chi connectivity index (χ4v) is 1.03. The fraction of sp³-hybridized carbons (Fsp3) is 0.111. The molecule has 0 aliphatic carbocycles. The maximum Gasteiger partial charge on any atom is 0.0646 e. The monoisotopic (exact) mass is 172 g/mol. The summed E-state index contributed by atoms with van der Waals surface area (Å²) in [5.74, 6) is 0. The number of rotatable bonds is 2. The van der Waals surface area contributed by atoms with Gasteiger partial charge in [0.25, 0.3) is 0 Å². The predicted octanol–water partition coefficient (Wildman–Crippen LogP) is 0.857. The van der Waals surface area contributed by atoms with Crippen LogP contribution in [0.15, 0.2) is 37.2 Å². The Kier molecular flexibility index (Phi) is 2.22. The molecule has 0 radical (unpaired) electrons. The second kappa shape index (κ2) is 3.71. The van der Waals surface area contributed by atoms with E-state index in [2.05, 4.69) is 19.9 Å². The lowest BCUT2D eigenvalue weighted by molar-refractivity contribution is 0.967. The predicted molar refractivity (Wildman–Crippen MR) is 46.9 cm³/mol. The van der Waals surface area contributed by atoms with Gasteiger partial charge in [-0.15, -0.1) is 0 Å². The minimum Gasteiger partial charge on any atom is -0.261 e. The summed E-state index contributed by atoms with van der Waals surface area (Å²) in [5.41, 5.74) is 1.81. The first-order chi connectivity index (χ1) is 6.45. The summed E-state index contributed by atoms with van der Waals surface area (Å²) in [4.78, 5) is 16.2. The first kappa shape index (κ1) is 7.79. The van der Waals surface area contributed by atoms with Crippen LogP contribution in [0.5, 0.6) is 0 Å². The highest BCUT2D eigenvalue weighted by atomic mass is 14.8. The first-order valence-corrected chi connectivity index (χ1v) is 3.95. The molecule has 0 aromatic carbocycles. The quantitative estimate of drug-likeness (QED) is 0.674. The van der Waals surface area contributed by atoms with Gasteiger partial charge in [0.05, 0.1) is 11.4 Å². The maximum absolute atomic E-state index is 4.14. The van der Waals surface area contributed by atoms with Crippen molar-refractivity contribution in [2.75, 3.05) is 0 Å². The van der Waals surface area contributed by atoms with E-state index in [1.165, 1.54) is 0 Å². The van der Waals surface area contributed by atoms with Gasteiger partial charge in [-0.25, -0.2) is 0 Å². The van der Waals surface area contributed by atoms with Gasteiger partial charge in [0, 0.05) is 43.6 Å². The highest BCUT2D eigenvalue weighted by Crippen LogP contribution is 1.99. The van der Waals surface area contributed by atoms with Crippen LogP contribution in [0.25, 0.3) is 0 Å². The lowest BCUT2D eigenvalue weighted by atomic mass is 10.2. The molecule has 0 saturated carbocycles. The molecule has 0 saturated heterocycles. The third kappa shape index (κ3) is 2.05. The molecule has 2 aromatic rings. The molecule has 13 heavy (non-hydrogen) atoms. The fourth-order valence-electron chi connectivity index (χ4n) is 1.03. The number of aromatic nitrogens is 4. The Hall–Kier alpha value is -1.84. The molecular weight excluding hydrogens is 164 g/mol. The molecule has 0 atom stereocenters. The molecule has 2 rings (SSSR count). The number of hydrogen-bond donors (Lipinski definition) is 0. The summed E-state index contributed by atoms with van der Waals surface area (Å²) >= 11 is 0. The Labute approximate surface area is 75.7 Å². The second-order valence-electron chi connectivity index (χ2n) is 2.57. The third-order valence-corrected chi connectivity index (χ3v) is 1.60. The smallest absolute Gasteiger partial charge is 0.0646 e. The van der Waals surface area contributed by atoms with E-state index < -0.39 is 0 Å². The summed E-state index contributed by atoms with van der Waals surface area (Å²) in [6.07, 6.45) is 10.8. The second-order valence-corrected chi connectivity index (χ2v) is 2.57. The van der Waals surface area contributed by atoms with Gasteiger partial charge < -0.3 is 0 Å².